The smallest absolute Gasteiger partial charge is 0.258 e. The SMILES string of the molecule is CCCCN(C)S(=O)(=O)c1ccc(NCc2cc(=O)n3ccsc3n2)cc1. The summed E-state index contributed by atoms with van der Waals surface area (Å²) < 4.78 is 27.9. The molecule has 2 aromatic heterocycles. The van der Waals surface area contributed by atoms with Gasteiger partial charge in [-0.2, -0.15) is 0 Å². The average Bonchev–Trinajstić information content (AvgIpc) is 3.14. The third-order valence-corrected chi connectivity index (χ3v) is 6.85. The number of aromatic nitrogens is 2. The van der Waals surface area contributed by atoms with Gasteiger partial charge in [-0.1, -0.05) is 13.3 Å². The zero-order valence-electron chi connectivity index (χ0n) is 15.3. The third-order valence-electron chi connectivity index (χ3n) is 4.22. The van der Waals surface area contributed by atoms with Gasteiger partial charge in [0.25, 0.3) is 5.56 Å². The second kappa shape index (κ2) is 8.20. The van der Waals surface area contributed by atoms with Crippen molar-refractivity contribution in [2.75, 3.05) is 18.9 Å². The first-order chi connectivity index (χ1) is 12.9. The Morgan fingerprint density at radius 2 is 2.00 bits per heavy atom. The van der Waals surface area contributed by atoms with Crippen LogP contribution in [0.15, 0.2) is 51.6 Å². The molecule has 0 aliphatic carbocycles. The molecule has 1 aromatic carbocycles. The summed E-state index contributed by atoms with van der Waals surface area (Å²) in [4.78, 5) is 17.3. The summed E-state index contributed by atoms with van der Waals surface area (Å²) in [6.45, 7) is 2.91. The van der Waals surface area contributed by atoms with Crippen molar-refractivity contribution in [3.63, 3.8) is 0 Å². The van der Waals surface area contributed by atoms with E-state index < -0.39 is 10.0 Å². The molecule has 7 nitrogen and oxygen atoms in total. The first-order valence-electron chi connectivity index (χ1n) is 8.68. The molecule has 0 fully saturated rings. The standard InChI is InChI=1S/C18H22N4O3S2/c1-3-4-9-21(2)27(24,25)16-7-5-14(6-8-16)19-13-15-12-17(23)22-10-11-26-18(22)20-15/h5-8,10-12,19H,3-4,9,13H2,1-2H3. The van der Waals surface area contributed by atoms with E-state index in [1.807, 2.05) is 12.3 Å². The lowest BCUT2D eigenvalue weighted by molar-refractivity contribution is 0.459. The molecule has 0 spiro atoms. The molecular weight excluding hydrogens is 384 g/mol. The van der Waals surface area contributed by atoms with Crippen molar-refractivity contribution in [3.8, 4) is 0 Å². The topological polar surface area (TPSA) is 83.8 Å². The van der Waals surface area contributed by atoms with Crippen molar-refractivity contribution in [2.45, 2.75) is 31.2 Å². The summed E-state index contributed by atoms with van der Waals surface area (Å²) in [6, 6.07) is 8.11. The fourth-order valence-corrected chi connectivity index (χ4v) is 4.54. The zero-order valence-corrected chi connectivity index (χ0v) is 16.9. The summed E-state index contributed by atoms with van der Waals surface area (Å²) >= 11 is 1.40. The van der Waals surface area contributed by atoms with Crippen molar-refractivity contribution in [1.29, 1.82) is 0 Å². The molecule has 0 amide bonds. The molecule has 144 valence electrons. The second-order valence-corrected chi connectivity index (χ2v) is 9.12. The van der Waals surface area contributed by atoms with Gasteiger partial charge in [-0.3, -0.25) is 9.20 Å². The first kappa shape index (κ1) is 19.5. The van der Waals surface area contributed by atoms with Gasteiger partial charge >= 0.3 is 0 Å². The molecular formula is C18H22N4O3S2. The number of nitrogens with zero attached hydrogens (tertiary/aromatic N) is 3. The molecule has 0 unspecified atom stereocenters. The van der Waals surface area contributed by atoms with Crippen LogP contribution < -0.4 is 10.9 Å². The van der Waals surface area contributed by atoms with Crippen LogP contribution in [0, 0.1) is 0 Å². The molecule has 0 radical (unpaired) electrons. The number of fused-ring (bicyclic) bond motifs is 1. The maximum absolute atomic E-state index is 12.5. The number of benzene rings is 1. The summed E-state index contributed by atoms with van der Waals surface area (Å²) in [5.74, 6) is 0. The van der Waals surface area contributed by atoms with Gasteiger partial charge in [0.05, 0.1) is 17.1 Å². The highest BCUT2D eigenvalue weighted by molar-refractivity contribution is 7.89. The number of sulfonamides is 1. The molecule has 0 saturated carbocycles. The van der Waals surface area contributed by atoms with E-state index in [1.165, 1.54) is 26.1 Å². The van der Waals surface area contributed by atoms with Crippen molar-refractivity contribution in [3.05, 3.63) is 58.0 Å². The van der Waals surface area contributed by atoms with Gasteiger partial charge < -0.3 is 5.32 Å². The molecule has 2 heterocycles. The molecule has 0 aliphatic heterocycles. The predicted octanol–water partition coefficient (Wildman–Crippen LogP) is 2.79. The van der Waals surface area contributed by atoms with Gasteiger partial charge in [-0.25, -0.2) is 17.7 Å². The van der Waals surface area contributed by atoms with Crippen LogP contribution in [-0.2, 0) is 16.6 Å². The number of hydrogen-bond donors (Lipinski definition) is 1. The summed E-state index contributed by atoms with van der Waals surface area (Å²) in [6.07, 6.45) is 3.47. The maximum Gasteiger partial charge on any atom is 0.258 e. The highest BCUT2D eigenvalue weighted by Crippen LogP contribution is 2.18. The number of rotatable bonds is 8. The van der Waals surface area contributed by atoms with E-state index >= 15 is 0 Å². The number of anilines is 1. The molecule has 0 aliphatic rings. The van der Waals surface area contributed by atoms with Crippen LogP contribution in [0.4, 0.5) is 5.69 Å². The van der Waals surface area contributed by atoms with Crippen LogP contribution in [0.5, 0.6) is 0 Å². The maximum atomic E-state index is 12.5. The summed E-state index contributed by atoms with van der Waals surface area (Å²) in [5.41, 5.74) is 1.28. The molecule has 1 N–H and O–H groups in total. The largest absolute Gasteiger partial charge is 0.379 e. The predicted molar refractivity (Wildman–Crippen MR) is 108 cm³/mol. The Kier molecular flexibility index (Phi) is 5.93. The Labute approximate surface area is 162 Å². The normalized spacial score (nSPS) is 12.0. The van der Waals surface area contributed by atoms with Gasteiger partial charge in [0.1, 0.15) is 0 Å². The number of thiazole rings is 1. The Morgan fingerprint density at radius 1 is 1.26 bits per heavy atom. The van der Waals surface area contributed by atoms with E-state index in [0.717, 1.165) is 18.5 Å². The van der Waals surface area contributed by atoms with Crippen molar-refractivity contribution >= 4 is 32.0 Å². The summed E-state index contributed by atoms with van der Waals surface area (Å²) in [7, 11) is -1.87. The molecule has 0 atom stereocenters. The third kappa shape index (κ3) is 4.37. The van der Waals surface area contributed by atoms with Gasteiger partial charge in [-0.05, 0) is 30.7 Å². The highest BCUT2D eigenvalue weighted by atomic mass is 32.2. The van der Waals surface area contributed by atoms with Crippen molar-refractivity contribution in [1.82, 2.24) is 13.7 Å². The molecule has 3 aromatic rings. The van der Waals surface area contributed by atoms with E-state index in [9.17, 15) is 13.2 Å². The van der Waals surface area contributed by atoms with Gasteiger partial charge in [0.15, 0.2) is 4.96 Å². The lowest BCUT2D eigenvalue weighted by Crippen LogP contribution is -2.27. The molecule has 9 heteroatoms. The van der Waals surface area contributed by atoms with E-state index in [0.29, 0.717) is 23.7 Å². The van der Waals surface area contributed by atoms with Gasteiger partial charge in [0, 0.05) is 36.9 Å². The Morgan fingerprint density at radius 3 is 2.70 bits per heavy atom. The molecule has 0 saturated heterocycles. The molecule has 3 rings (SSSR count). The highest BCUT2D eigenvalue weighted by Gasteiger charge is 2.19. The van der Waals surface area contributed by atoms with Crippen LogP contribution in [0.25, 0.3) is 4.96 Å². The lowest BCUT2D eigenvalue weighted by Gasteiger charge is -2.17. The minimum Gasteiger partial charge on any atom is -0.379 e. The van der Waals surface area contributed by atoms with E-state index in [4.69, 9.17) is 0 Å². The van der Waals surface area contributed by atoms with E-state index in [-0.39, 0.29) is 10.5 Å². The fourth-order valence-electron chi connectivity index (χ4n) is 2.60. The second-order valence-electron chi connectivity index (χ2n) is 6.20. The first-order valence-corrected chi connectivity index (χ1v) is 11.0. The van der Waals surface area contributed by atoms with Crippen LogP contribution in [0.1, 0.15) is 25.5 Å². The minimum absolute atomic E-state index is 0.116. The average molecular weight is 407 g/mol. The Balaban J connectivity index is 1.69. The van der Waals surface area contributed by atoms with E-state index in [1.54, 1.807) is 37.5 Å². The van der Waals surface area contributed by atoms with Crippen molar-refractivity contribution in [2.24, 2.45) is 0 Å². The molecule has 27 heavy (non-hydrogen) atoms. The van der Waals surface area contributed by atoms with Gasteiger partial charge in [-0.15, -0.1) is 11.3 Å². The van der Waals surface area contributed by atoms with Crippen LogP contribution >= 0.6 is 11.3 Å². The fraction of sp³-hybridized carbons (Fsp3) is 0.333. The quantitative estimate of drug-likeness (QED) is 0.622. The molecule has 0 bridgehead atoms. The van der Waals surface area contributed by atoms with Crippen LogP contribution in [-0.4, -0.2) is 35.7 Å². The number of hydrogen-bond acceptors (Lipinski definition) is 6. The number of unbranched alkanes of at least 4 members (excludes halogenated alkanes) is 1. The lowest BCUT2D eigenvalue weighted by atomic mass is 10.3. The zero-order chi connectivity index (χ0) is 19.4. The minimum atomic E-state index is -3.47. The van der Waals surface area contributed by atoms with Crippen molar-refractivity contribution < 1.29 is 8.42 Å². The Hall–Kier alpha value is -2.23. The van der Waals surface area contributed by atoms with Crippen LogP contribution in [0.2, 0.25) is 0 Å². The summed E-state index contributed by atoms with van der Waals surface area (Å²) in [5, 5.41) is 4.99. The Bertz CT molecular complexity index is 1070. The number of nitrogens with one attached hydrogen (secondary N) is 1. The monoisotopic (exact) mass is 406 g/mol. The van der Waals surface area contributed by atoms with E-state index in [2.05, 4.69) is 10.3 Å². The van der Waals surface area contributed by atoms with Gasteiger partial charge in [0.2, 0.25) is 10.0 Å². The van der Waals surface area contributed by atoms with Crippen LogP contribution in [0.3, 0.4) is 0 Å².